The van der Waals surface area contributed by atoms with E-state index in [1.807, 2.05) is 13.0 Å². The average Bonchev–Trinajstić information content (AvgIpc) is 2.69. The molecule has 0 aliphatic carbocycles. The standard InChI is InChI=1S/C13H13N5O/c1-9-7-12(17-18(9)2)16-13(19)15-11-5-3-10(8-14)4-6-11/h3-7H,1-2H3,(H2,15,16,17,19). The van der Waals surface area contributed by atoms with Crippen LogP contribution in [-0.4, -0.2) is 15.8 Å². The number of aromatic nitrogens is 2. The first-order chi connectivity index (χ1) is 9.08. The monoisotopic (exact) mass is 255 g/mol. The summed E-state index contributed by atoms with van der Waals surface area (Å²) in [6, 6.07) is 10.0. The maximum Gasteiger partial charge on any atom is 0.324 e. The number of nitriles is 1. The lowest BCUT2D eigenvalue weighted by atomic mass is 10.2. The molecule has 96 valence electrons. The summed E-state index contributed by atoms with van der Waals surface area (Å²) < 4.78 is 1.68. The van der Waals surface area contributed by atoms with Gasteiger partial charge in [-0.2, -0.15) is 10.4 Å². The SMILES string of the molecule is Cc1cc(NC(=O)Nc2ccc(C#N)cc2)nn1C. The fourth-order valence-corrected chi connectivity index (χ4v) is 1.53. The summed E-state index contributed by atoms with van der Waals surface area (Å²) in [4.78, 5) is 11.7. The Bertz CT molecular complexity index is 617. The average molecular weight is 255 g/mol. The highest BCUT2D eigenvalue weighted by Gasteiger charge is 2.06. The number of aryl methyl sites for hydroxylation is 2. The molecular weight excluding hydrogens is 242 g/mol. The van der Waals surface area contributed by atoms with Crippen molar-refractivity contribution in [3.8, 4) is 6.07 Å². The quantitative estimate of drug-likeness (QED) is 0.863. The van der Waals surface area contributed by atoms with Crippen LogP contribution in [0.3, 0.4) is 0 Å². The predicted octanol–water partition coefficient (Wildman–Crippen LogP) is 2.24. The molecule has 0 saturated heterocycles. The summed E-state index contributed by atoms with van der Waals surface area (Å²) in [5.74, 6) is 0.492. The lowest BCUT2D eigenvalue weighted by Crippen LogP contribution is -2.19. The summed E-state index contributed by atoms with van der Waals surface area (Å²) in [5.41, 5.74) is 2.11. The molecule has 19 heavy (non-hydrogen) atoms. The summed E-state index contributed by atoms with van der Waals surface area (Å²) in [7, 11) is 1.80. The molecule has 0 aliphatic heterocycles. The second-order valence-electron chi connectivity index (χ2n) is 4.06. The Morgan fingerprint density at radius 1 is 1.32 bits per heavy atom. The third-order valence-corrected chi connectivity index (χ3v) is 2.63. The number of hydrogen-bond donors (Lipinski definition) is 2. The first kappa shape index (κ1) is 12.6. The molecule has 2 N–H and O–H groups in total. The van der Waals surface area contributed by atoms with E-state index in [1.165, 1.54) is 0 Å². The van der Waals surface area contributed by atoms with Gasteiger partial charge in [-0.3, -0.25) is 10.00 Å². The van der Waals surface area contributed by atoms with Crippen molar-refractivity contribution < 1.29 is 4.79 Å². The molecule has 1 aromatic carbocycles. The van der Waals surface area contributed by atoms with Crippen LogP contribution in [0.1, 0.15) is 11.3 Å². The molecule has 6 heteroatoms. The van der Waals surface area contributed by atoms with E-state index in [-0.39, 0.29) is 6.03 Å². The van der Waals surface area contributed by atoms with Crippen LogP contribution in [0.25, 0.3) is 0 Å². The number of urea groups is 1. The number of nitrogens with zero attached hydrogens (tertiary/aromatic N) is 3. The maximum atomic E-state index is 11.7. The first-order valence-electron chi connectivity index (χ1n) is 5.67. The van der Waals surface area contributed by atoms with Gasteiger partial charge in [0.05, 0.1) is 11.6 Å². The number of rotatable bonds is 2. The van der Waals surface area contributed by atoms with Gasteiger partial charge in [-0.25, -0.2) is 4.79 Å². The second kappa shape index (κ2) is 5.23. The van der Waals surface area contributed by atoms with Gasteiger partial charge in [0.25, 0.3) is 0 Å². The molecule has 0 saturated carbocycles. The normalized spacial score (nSPS) is 9.74. The lowest BCUT2D eigenvalue weighted by Gasteiger charge is -2.05. The van der Waals surface area contributed by atoms with E-state index in [4.69, 9.17) is 5.26 Å². The summed E-state index contributed by atoms with van der Waals surface area (Å²) in [6.45, 7) is 1.90. The fourth-order valence-electron chi connectivity index (χ4n) is 1.53. The molecule has 0 spiro atoms. The number of benzene rings is 1. The maximum absolute atomic E-state index is 11.7. The van der Waals surface area contributed by atoms with Crippen molar-refractivity contribution >= 4 is 17.5 Å². The number of carbonyl (C=O) groups excluding carboxylic acids is 1. The minimum absolute atomic E-state index is 0.372. The van der Waals surface area contributed by atoms with E-state index >= 15 is 0 Å². The van der Waals surface area contributed by atoms with Crippen LogP contribution in [0.2, 0.25) is 0 Å². The molecular formula is C13H13N5O. The van der Waals surface area contributed by atoms with Gasteiger partial charge < -0.3 is 5.32 Å². The molecule has 1 aromatic heterocycles. The Balaban J connectivity index is 1.99. The molecule has 0 unspecified atom stereocenters. The predicted molar refractivity (Wildman–Crippen MR) is 71.7 cm³/mol. The van der Waals surface area contributed by atoms with Crippen LogP contribution in [0, 0.1) is 18.3 Å². The number of anilines is 2. The van der Waals surface area contributed by atoms with Crippen LogP contribution in [0.15, 0.2) is 30.3 Å². The highest BCUT2D eigenvalue weighted by Crippen LogP contribution is 2.10. The zero-order valence-corrected chi connectivity index (χ0v) is 10.6. The van der Waals surface area contributed by atoms with Gasteiger partial charge in [0.1, 0.15) is 0 Å². The zero-order valence-electron chi connectivity index (χ0n) is 10.6. The molecule has 0 aliphatic rings. The second-order valence-corrected chi connectivity index (χ2v) is 4.06. The van der Waals surface area contributed by atoms with Gasteiger partial charge in [0.2, 0.25) is 0 Å². The van der Waals surface area contributed by atoms with E-state index in [9.17, 15) is 4.79 Å². The Kier molecular flexibility index (Phi) is 3.48. The minimum atomic E-state index is -0.372. The molecule has 2 rings (SSSR count). The van der Waals surface area contributed by atoms with Crippen LogP contribution >= 0.6 is 0 Å². The molecule has 1 heterocycles. The third kappa shape index (κ3) is 3.10. The zero-order chi connectivity index (χ0) is 13.8. The van der Waals surface area contributed by atoms with Gasteiger partial charge in [-0.1, -0.05) is 0 Å². The van der Waals surface area contributed by atoms with Crippen molar-refractivity contribution in [2.24, 2.45) is 7.05 Å². The van der Waals surface area contributed by atoms with Crippen LogP contribution < -0.4 is 10.6 Å². The van der Waals surface area contributed by atoms with Crippen molar-refractivity contribution in [2.45, 2.75) is 6.92 Å². The first-order valence-corrected chi connectivity index (χ1v) is 5.67. The highest BCUT2D eigenvalue weighted by molar-refractivity contribution is 5.99. The van der Waals surface area contributed by atoms with Crippen molar-refractivity contribution in [3.05, 3.63) is 41.6 Å². The number of nitrogens with one attached hydrogen (secondary N) is 2. The summed E-state index contributed by atoms with van der Waals surface area (Å²) in [6.07, 6.45) is 0. The molecule has 0 fully saturated rings. The fraction of sp³-hybridized carbons (Fsp3) is 0.154. The Hall–Kier alpha value is -2.81. The largest absolute Gasteiger partial charge is 0.324 e. The van der Waals surface area contributed by atoms with Gasteiger partial charge in [-0.05, 0) is 31.2 Å². The van der Waals surface area contributed by atoms with Crippen molar-refractivity contribution in [1.29, 1.82) is 5.26 Å². The molecule has 0 radical (unpaired) electrons. The minimum Gasteiger partial charge on any atom is -0.308 e. The highest BCUT2D eigenvalue weighted by atomic mass is 16.2. The Morgan fingerprint density at radius 3 is 2.53 bits per heavy atom. The van der Waals surface area contributed by atoms with Crippen LogP contribution in [-0.2, 0) is 7.05 Å². The van der Waals surface area contributed by atoms with Gasteiger partial charge in [-0.15, -0.1) is 0 Å². The number of carbonyl (C=O) groups is 1. The summed E-state index contributed by atoms with van der Waals surface area (Å²) in [5, 5.41) is 18.1. The molecule has 2 aromatic rings. The van der Waals surface area contributed by atoms with Gasteiger partial charge in [0.15, 0.2) is 5.82 Å². The summed E-state index contributed by atoms with van der Waals surface area (Å²) >= 11 is 0. The lowest BCUT2D eigenvalue weighted by molar-refractivity contribution is 0.262. The van der Waals surface area contributed by atoms with E-state index in [0.717, 1.165) is 5.69 Å². The third-order valence-electron chi connectivity index (χ3n) is 2.63. The van der Waals surface area contributed by atoms with Crippen molar-refractivity contribution in [1.82, 2.24) is 9.78 Å². The van der Waals surface area contributed by atoms with E-state index in [2.05, 4.69) is 15.7 Å². The number of hydrogen-bond acceptors (Lipinski definition) is 3. The topological polar surface area (TPSA) is 82.7 Å². The van der Waals surface area contributed by atoms with Crippen molar-refractivity contribution in [2.75, 3.05) is 10.6 Å². The number of amides is 2. The smallest absolute Gasteiger partial charge is 0.308 e. The molecule has 0 atom stereocenters. The molecule has 0 bridgehead atoms. The van der Waals surface area contributed by atoms with Crippen LogP contribution in [0.4, 0.5) is 16.3 Å². The van der Waals surface area contributed by atoms with Crippen molar-refractivity contribution in [3.63, 3.8) is 0 Å². The Labute approximate surface area is 110 Å². The van der Waals surface area contributed by atoms with Gasteiger partial charge >= 0.3 is 6.03 Å². The van der Waals surface area contributed by atoms with E-state index in [1.54, 1.807) is 42.1 Å². The molecule has 2 amide bonds. The van der Waals surface area contributed by atoms with E-state index < -0.39 is 0 Å². The van der Waals surface area contributed by atoms with E-state index in [0.29, 0.717) is 17.1 Å². The van der Waals surface area contributed by atoms with Gasteiger partial charge in [0, 0.05) is 24.5 Å². The van der Waals surface area contributed by atoms with Crippen LogP contribution in [0.5, 0.6) is 0 Å². The molecule has 6 nitrogen and oxygen atoms in total. The Morgan fingerprint density at radius 2 is 2.00 bits per heavy atom.